The molecule has 1 aromatic rings. The molecule has 4 heteroatoms. The molecule has 0 bridgehead atoms. The topological polar surface area (TPSA) is 47.0 Å². The first-order valence-corrected chi connectivity index (χ1v) is 5.30. The molecule has 0 saturated carbocycles. The van der Waals surface area contributed by atoms with E-state index in [2.05, 4.69) is 29.4 Å². The fraction of sp³-hybridized carbons (Fsp3) is 0.636. The number of aromatic nitrogens is 2. The van der Waals surface area contributed by atoms with Gasteiger partial charge in [0.25, 0.3) is 0 Å². The van der Waals surface area contributed by atoms with Crippen LogP contribution in [0.4, 0.5) is 5.82 Å². The molecule has 0 radical (unpaired) electrons. The summed E-state index contributed by atoms with van der Waals surface area (Å²) in [7, 11) is 0. The summed E-state index contributed by atoms with van der Waals surface area (Å²) in [5.74, 6) is 1.39. The van der Waals surface area contributed by atoms with Gasteiger partial charge in [-0.15, -0.1) is 5.10 Å². The number of hydrogen-bond donors (Lipinski definition) is 1. The molecule has 15 heavy (non-hydrogen) atoms. The van der Waals surface area contributed by atoms with Crippen LogP contribution in [-0.2, 0) is 4.74 Å². The van der Waals surface area contributed by atoms with Crippen LogP contribution in [0.2, 0.25) is 0 Å². The van der Waals surface area contributed by atoms with Crippen LogP contribution in [0.5, 0.6) is 0 Å². The lowest BCUT2D eigenvalue weighted by Gasteiger charge is -2.07. The van der Waals surface area contributed by atoms with Crippen molar-refractivity contribution in [1.29, 1.82) is 0 Å². The minimum Gasteiger partial charge on any atom is -0.379 e. The van der Waals surface area contributed by atoms with E-state index >= 15 is 0 Å². The molecule has 1 aromatic heterocycles. The van der Waals surface area contributed by atoms with Gasteiger partial charge in [0.2, 0.25) is 0 Å². The number of rotatable bonds is 6. The lowest BCUT2D eigenvalue weighted by molar-refractivity contribution is 0.118. The zero-order valence-electron chi connectivity index (χ0n) is 9.66. The fourth-order valence-corrected chi connectivity index (χ4v) is 1.06. The van der Waals surface area contributed by atoms with Crippen LogP contribution < -0.4 is 5.32 Å². The SMILES string of the molecule is Cc1ccc(NCCOCC(C)C)nn1. The number of aryl methyl sites for hydroxylation is 1. The van der Waals surface area contributed by atoms with Crippen LogP contribution in [0.3, 0.4) is 0 Å². The quantitative estimate of drug-likeness (QED) is 0.726. The normalized spacial score (nSPS) is 10.7. The summed E-state index contributed by atoms with van der Waals surface area (Å²) < 4.78 is 5.43. The predicted molar refractivity (Wildman–Crippen MR) is 60.9 cm³/mol. The molecule has 0 atom stereocenters. The van der Waals surface area contributed by atoms with Gasteiger partial charge in [0.15, 0.2) is 0 Å². The maximum Gasteiger partial charge on any atom is 0.148 e. The van der Waals surface area contributed by atoms with E-state index in [1.165, 1.54) is 0 Å². The van der Waals surface area contributed by atoms with Gasteiger partial charge in [-0.2, -0.15) is 5.10 Å². The summed E-state index contributed by atoms with van der Waals surface area (Å²) in [6.07, 6.45) is 0. The van der Waals surface area contributed by atoms with Crippen molar-refractivity contribution in [3.63, 3.8) is 0 Å². The van der Waals surface area contributed by atoms with E-state index < -0.39 is 0 Å². The predicted octanol–water partition coefficient (Wildman–Crippen LogP) is 1.87. The third-order valence-corrected chi connectivity index (χ3v) is 1.80. The molecule has 0 aliphatic carbocycles. The molecule has 0 aliphatic heterocycles. The summed E-state index contributed by atoms with van der Waals surface area (Å²) in [5, 5.41) is 11.1. The van der Waals surface area contributed by atoms with E-state index in [0.29, 0.717) is 12.5 Å². The minimum atomic E-state index is 0.587. The summed E-state index contributed by atoms with van der Waals surface area (Å²) in [6, 6.07) is 3.86. The van der Waals surface area contributed by atoms with Crippen LogP contribution in [0.25, 0.3) is 0 Å². The van der Waals surface area contributed by atoms with Gasteiger partial charge in [-0.3, -0.25) is 0 Å². The van der Waals surface area contributed by atoms with Crippen molar-refractivity contribution in [1.82, 2.24) is 10.2 Å². The molecule has 1 heterocycles. The molecule has 84 valence electrons. The number of anilines is 1. The first kappa shape index (κ1) is 11.9. The summed E-state index contributed by atoms with van der Waals surface area (Å²) >= 11 is 0. The van der Waals surface area contributed by atoms with Gasteiger partial charge in [0, 0.05) is 13.2 Å². The molecule has 0 fully saturated rings. The Labute approximate surface area is 91.1 Å². The van der Waals surface area contributed by atoms with Gasteiger partial charge in [-0.05, 0) is 25.0 Å². The highest BCUT2D eigenvalue weighted by Crippen LogP contribution is 2.00. The van der Waals surface area contributed by atoms with Crippen molar-refractivity contribution in [3.05, 3.63) is 17.8 Å². The maximum atomic E-state index is 5.43. The number of hydrogen-bond acceptors (Lipinski definition) is 4. The van der Waals surface area contributed by atoms with Crippen molar-refractivity contribution in [2.24, 2.45) is 5.92 Å². The first-order chi connectivity index (χ1) is 7.18. The third-order valence-electron chi connectivity index (χ3n) is 1.80. The second kappa shape index (κ2) is 6.35. The molecule has 4 nitrogen and oxygen atoms in total. The van der Waals surface area contributed by atoms with E-state index in [-0.39, 0.29) is 0 Å². The first-order valence-electron chi connectivity index (χ1n) is 5.30. The van der Waals surface area contributed by atoms with E-state index in [9.17, 15) is 0 Å². The van der Waals surface area contributed by atoms with Crippen LogP contribution in [0, 0.1) is 12.8 Å². The van der Waals surface area contributed by atoms with Crippen LogP contribution in [0.1, 0.15) is 19.5 Å². The zero-order valence-corrected chi connectivity index (χ0v) is 9.66. The highest BCUT2D eigenvalue weighted by molar-refractivity contribution is 5.32. The maximum absolute atomic E-state index is 5.43. The average Bonchev–Trinajstić information content (AvgIpc) is 2.20. The molecular formula is C11H19N3O. The summed E-state index contributed by atoms with van der Waals surface area (Å²) in [4.78, 5) is 0. The average molecular weight is 209 g/mol. The van der Waals surface area contributed by atoms with E-state index in [1.807, 2.05) is 19.1 Å². The van der Waals surface area contributed by atoms with Gasteiger partial charge in [-0.25, -0.2) is 0 Å². The fourth-order valence-electron chi connectivity index (χ4n) is 1.06. The monoisotopic (exact) mass is 209 g/mol. The van der Waals surface area contributed by atoms with Crippen molar-refractivity contribution in [2.75, 3.05) is 25.1 Å². The Morgan fingerprint density at radius 2 is 2.13 bits per heavy atom. The van der Waals surface area contributed by atoms with Gasteiger partial charge in [0.1, 0.15) is 5.82 Å². The Bertz CT molecular complexity index is 272. The highest BCUT2D eigenvalue weighted by atomic mass is 16.5. The number of ether oxygens (including phenoxy) is 1. The lowest BCUT2D eigenvalue weighted by atomic mass is 10.2. The third kappa shape index (κ3) is 5.32. The van der Waals surface area contributed by atoms with Crippen molar-refractivity contribution in [2.45, 2.75) is 20.8 Å². The Kier molecular flexibility index (Phi) is 5.04. The van der Waals surface area contributed by atoms with E-state index in [0.717, 1.165) is 24.7 Å². The van der Waals surface area contributed by atoms with Crippen molar-refractivity contribution < 1.29 is 4.74 Å². The molecule has 1 rings (SSSR count). The standard InChI is InChI=1S/C11H19N3O/c1-9(2)8-15-7-6-12-11-5-4-10(3)13-14-11/h4-5,9H,6-8H2,1-3H3,(H,12,14). The molecule has 0 aliphatic rings. The van der Waals surface area contributed by atoms with Gasteiger partial charge in [0.05, 0.1) is 12.3 Å². The van der Waals surface area contributed by atoms with E-state index in [1.54, 1.807) is 0 Å². The molecule has 0 aromatic carbocycles. The molecular weight excluding hydrogens is 190 g/mol. The Balaban J connectivity index is 2.12. The molecule has 0 amide bonds. The number of nitrogens with one attached hydrogen (secondary N) is 1. The molecule has 0 unspecified atom stereocenters. The zero-order chi connectivity index (χ0) is 11.1. The Hall–Kier alpha value is -1.16. The highest BCUT2D eigenvalue weighted by Gasteiger charge is 1.95. The minimum absolute atomic E-state index is 0.587. The smallest absolute Gasteiger partial charge is 0.148 e. The Morgan fingerprint density at radius 1 is 1.33 bits per heavy atom. The van der Waals surface area contributed by atoms with Gasteiger partial charge in [-0.1, -0.05) is 13.8 Å². The molecule has 0 saturated heterocycles. The largest absolute Gasteiger partial charge is 0.379 e. The van der Waals surface area contributed by atoms with Crippen molar-refractivity contribution in [3.8, 4) is 0 Å². The summed E-state index contributed by atoms with van der Waals surface area (Å²) in [6.45, 7) is 8.47. The second-order valence-electron chi connectivity index (χ2n) is 3.96. The van der Waals surface area contributed by atoms with Gasteiger partial charge >= 0.3 is 0 Å². The lowest BCUT2D eigenvalue weighted by Crippen LogP contribution is -2.13. The van der Waals surface area contributed by atoms with E-state index in [4.69, 9.17) is 4.74 Å². The number of nitrogens with zero attached hydrogens (tertiary/aromatic N) is 2. The molecule has 1 N–H and O–H groups in total. The van der Waals surface area contributed by atoms with Gasteiger partial charge < -0.3 is 10.1 Å². The summed E-state index contributed by atoms with van der Waals surface area (Å²) in [5.41, 5.74) is 0.927. The Morgan fingerprint density at radius 3 is 2.73 bits per heavy atom. The van der Waals surface area contributed by atoms with Crippen LogP contribution in [-0.4, -0.2) is 30.0 Å². The van der Waals surface area contributed by atoms with Crippen molar-refractivity contribution >= 4 is 5.82 Å². The second-order valence-corrected chi connectivity index (χ2v) is 3.96. The molecule has 0 spiro atoms. The van der Waals surface area contributed by atoms with Crippen LogP contribution in [0.15, 0.2) is 12.1 Å². The van der Waals surface area contributed by atoms with Crippen LogP contribution >= 0.6 is 0 Å².